The lowest BCUT2D eigenvalue weighted by Crippen LogP contribution is -2.01. The summed E-state index contributed by atoms with van der Waals surface area (Å²) in [5.41, 5.74) is 0.188. The summed E-state index contributed by atoms with van der Waals surface area (Å²) in [4.78, 5) is 0. The molecule has 4 heteroatoms. The van der Waals surface area contributed by atoms with E-state index in [0.717, 1.165) is 0 Å². The van der Waals surface area contributed by atoms with Gasteiger partial charge in [-0.2, -0.15) is 4.39 Å². The first-order valence-electron chi connectivity index (χ1n) is 4.29. The Labute approximate surface area is 81.4 Å². The first kappa shape index (κ1) is 10.9. The van der Waals surface area contributed by atoms with Gasteiger partial charge in [-0.05, 0) is 19.1 Å². The molecule has 14 heavy (non-hydrogen) atoms. The second kappa shape index (κ2) is 4.91. The van der Waals surface area contributed by atoms with Crippen molar-refractivity contribution in [2.75, 3.05) is 13.7 Å². The molecule has 0 saturated heterocycles. The third kappa shape index (κ3) is 2.20. The maximum atomic E-state index is 13.2. The van der Waals surface area contributed by atoms with Gasteiger partial charge in [0.15, 0.2) is 11.6 Å². The van der Waals surface area contributed by atoms with Crippen molar-refractivity contribution in [3.05, 3.63) is 29.3 Å². The zero-order valence-electron chi connectivity index (χ0n) is 8.14. The molecular weight excluding hydrogens is 190 g/mol. The number of methoxy groups -OCH3 is 1. The molecule has 0 N–H and O–H groups in total. The van der Waals surface area contributed by atoms with Crippen molar-refractivity contribution in [1.82, 2.24) is 0 Å². The number of hydrogen-bond donors (Lipinski definition) is 0. The molecule has 0 aromatic heterocycles. The number of rotatable bonds is 4. The van der Waals surface area contributed by atoms with Crippen LogP contribution in [0.1, 0.15) is 12.5 Å². The van der Waals surface area contributed by atoms with E-state index in [0.29, 0.717) is 6.61 Å². The highest BCUT2D eigenvalue weighted by atomic mass is 19.2. The van der Waals surface area contributed by atoms with Crippen LogP contribution in [0.5, 0.6) is 5.75 Å². The summed E-state index contributed by atoms with van der Waals surface area (Å²) in [5.74, 6) is -1.93. The molecular formula is C10H12F2O2. The van der Waals surface area contributed by atoms with Crippen LogP contribution in [0.25, 0.3) is 0 Å². The summed E-state index contributed by atoms with van der Waals surface area (Å²) >= 11 is 0. The summed E-state index contributed by atoms with van der Waals surface area (Å²) in [6.07, 6.45) is 0. The minimum atomic E-state index is -0.957. The zero-order valence-corrected chi connectivity index (χ0v) is 8.14. The minimum Gasteiger partial charge on any atom is -0.491 e. The van der Waals surface area contributed by atoms with Crippen molar-refractivity contribution < 1.29 is 18.3 Å². The molecule has 0 amide bonds. The van der Waals surface area contributed by atoms with Gasteiger partial charge in [-0.15, -0.1) is 0 Å². The van der Waals surface area contributed by atoms with Crippen LogP contribution in [0.2, 0.25) is 0 Å². The van der Waals surface area contributed by atoms with Gasteiger partial charge in [-0.1, -0.05) is 0 Å². The second-order valence-corrected chi connectivity index (χ2v) is 2.72. The summed E-state index contributed by atoms with van der Waals surface area (Å²) in [5, 5.41) is 0. The molecule has 0 aliphatic heterocycles. The van der Waals surface area contributed by atoms with Crippen molar-refractivity contribution in [3.8, 4) is 5.75 Å². The van der Waals surface area contributed by atoms with Gasteiger partial charge in [0.05, 0.1) is 13.2 Å². The Morgan fingerprint density at radius 3 is 2.50 bits per heavy atom. The fraction of sp³-hybridized carbons (Fsp3) is 0.400. The third-order valence-electron chi connectivity index (χ3n) is 1.73. The number of benzene rings is 1. The van der Waals surface area contributed by atoms with Gasteiger partial charge in [0.2, 0.25) is 5.82 Å². The van der Waals surface area contributed by atoms with Gasteiger partial charge >= 0.3 is 0 Å². The second-order valence-electron chi connectivity index (χ2n) is 2.72. The fourth-order valence-electron chi connectivity index (χ4n) is 1.11. The summed E-state index contributed by atoms with van der Waals surface area (Å²) in [7, 11) is 1.42. The van der Waals surface area contributed by atoms with E-state index < -0.39 is 11.6 Å². The smallest absolute Gasteiger partial charge is 0.200 e. The molecule has 0 fully saturated rings. The number of ether oxygens (including phenoxy) is 2. The quantitative estimate of drug-likeness (QED) is 0.746. The van der Waals surface area contributed by atoms with Crippen LogP contribution in [-0.4, -0.2) is 13.7 Å². The van der Waals surface area contributed by atoms with Crippen molar-refractivity contribution >= 4 is 0 Å². The van der Waals surface area contributed by atoms with E-state index in [4.69, 9.17) is 9.47 Å². The fourth-order valence-corrected chi connectivity index (χ4v) is 1.11. The van der Waals surface area contributed by atoms with Crippen LogP contribution in [-0.2, 0) is 11.3 Å². The van der Waals surface area contributed by atoms with Gasteiger partial charge in [-0.25, -0.2) is 4.39 Å². The lowest BCUT2D eigenvalue weighted by atomic mass is 10.2. The highest BCUT2D eigenvalue weighted by Crippen LogP contribution is 2.22. The maximum absolute atomic E-state index is 13.2. The first-order valence-corrected chi connectivity index (χ1v) is 4.29. The van der Waals surface area contributed by atoms with E-state index in [1.165, 1.54) is 19.2 Å². The molecule has 78 valence electrons. The Morgan fingerprint density at radius 1 is 1.21 bits per heavy atom. The van der Waals surface area contributed by atoms with Crippen LogP contribution in [0.3, 0.4) is 0 Å². The van der Waals surface area contributed by atoms with Gasteiger partial charge in [0.1, 0.15) is 0 Å². The van der Waals surface area contributed by atoms with Crippen LogP contribution in [0, 0.1) is 11.6 Å². The van der Waals surface area contributed by atoms with Gasteiger partial charge in [0.25, 0.3) is 0 Å². The number of halogens is 2. The molecule has 1 aromatic rings. The Balaban J connectivity index is 2.99. The largest absolute Gasteiger partial charge is 0.491 e. The maximum Gasteiger partial charge on any atom is 0.200 e. The SMILES string of the molecule is CCOc1ccc(COC)c(F)c1F. The van der Waals surface area contributed by atoms with Crippen LogP contribution < -0.4 is 4.74 Å². The van der Waals surface area contributed by atoms with Crippen LogP contribution in [0.4, 0.5) is 8.78 Å². The van der Waals surface area contributed by atoms with E-state index in [1.54, 1.807) is 6.92 Å². The molecule has 0 unspecified atom stereocenters. The topological polar surface area (TPSA) is 18.5 Å². The van der Waals surface area contributed by atoms with Gasteiger partial charge in [-0.3, -0.25) is 0 Å². The molecule has 1 aromatic carbocycles. The normalized spacial score (nSPS) is 10.3. The van der Waals surface area contributed by atoms with Crippen LogP contribution >= 0.6 is 0 Å². The van der Waals surface area contributed by atoms with Crippen molar-refractivity contribution in [3.63, 3.8) is 0 Å². The average Bonchev–Trinajstić information content (AvgIpc) is 2.18. The lowest BCUT2D eigenvalue weighted by Gasteiger charge is -2.07. The van der Waals surface area contributed by atoms with E-state index in [-0.39, 0.29) is 17.9 Å². The van der Waals surface area contributed by atoms with E-state index in [9.17, 15) is 8.78 Å². The minimum absolute atomic E-state index is 0.0508. The predicted octanol–water partition coefficient (Wildman–Crippen LogP) is 2.51. The van der Waals surface area contributed by atoms with Crippen molar-refractivity contribution in [1.29, 1.82) is 0 Å². The van der Waals surface area contributed by atoms with Gasteiger partial charge < -0.3 is 9.47 Å². The summed E-state index contributed by atoms with van der Waals surface area (Å²) < 4.78 is 36.1. The third-order valence-corrected chi connectivity index (χ3v) is 1.73. The molecule has 1 rings (SSSR count). The van der Waals surface area contributed by atoms with Crippen molar-refractivity contribution in [2.24, 2.45) is 0 Å². The zero-order chi connectivity index (χ0) is 10.6. The molecule has 0 heterocycles. The Bertz CT molecular complexity index is 282. The van der Waals surface area contributed by atoms with E-state index >= 15 is 0 Å². The van der Waals surface area contributed by atoms with Crippen LogP contribution in [0.15, 0.2) is 12.1 Å². The molecule has 0 bridgehead atoms. The first-order chi connectivity index (χ1) is 6.70. The monoisotopic (exact) mass is 202 g/mol. The highest BCUT2D eigenvalue weighted by Gasteiger charge is 2.13. The lowest BCUT2D eigenvalue weighted by molar-refractivity contribution is 0.180. The highest BCUT2D eigenvalue weighted by molar-refractivity contribution is 5.30. The summed E-state index contributed by atoms with van der Waals surface area (Å²) in [6, 6.07) is 2.85. The Hall–Kier alpha value is -1.16. The standard InChI is InChI=1S/C10H12F2O2/c1-3-14-8-5-4-7(6-13-2)9(11)10(8)12/h4-5H,3,6H2,1-2H3. The summed E-state index contributed by atoms with van der Waals surface area (Å²) in [6.45, 7) is 2.07. The average molecular weight is 202 g/mol. The van der Waals surface area contributed by atoms with E-state index in [2.05, 4.69) is 0 Å². The molecule has 0 saturated carbocycles. The van der Waals surface area contributed by atoms with E-state index in [1.807, 2.05) is 0 Å². The Kier molecular flexibility index (Phi) is 3.83. The van der Waals surface area contributed by atoms with Crippen molar-refractivity contribution in [2.45, 2.75) is 13.5 Å². The molecule has 0 aliphatic carbocycles. The molecule has 2 nitrogen and oxygen atoms in total. The molecule has 0 spiro atoms. The molecule has 0 aliphatic rings. The predicted molar refractivity (Wildman–Crippen MR) is 48.2 cm³/mol. The van der Waals surface area contributed by atoms with Gasteiger partial charge in [0, 0.05) is 12.7 Å². The Morgan fingerprint density at radius 2 is 1.93 bits per heavy atom. The molecule has 0 atom stereocenters. The number of hydrogen-bond acceptors (Lipinski definition) is 2. The molecule has 0 radical (unpaired) electrons.